The normalized spacial score (nSPS) is 12.2. The summed E-state index contributed by atoms with van der Waals surface area (Å²) in [6.07, 6.45) is 0.512. The third-order valence-corrected chi connectivity index (χ3v) is 3.51. The Morgan fingerprint density at radius 2 is 1.81 bits per heavy atom. The minimum atomic E-state index is -0.598. The van der Waals surface area contributed by atoms with Crippen LogP contribution in [0.5, 0.6) is 5.75 Å². The number of rotatable bonds is 5. The molecule has 0 aliphatic heterocycles. The first-order valence-corrected chi connectivity index (χ1v) is 6.81. The van der Waals surface area contributed by atoms with Crippen molar-refractivity contribution in [1.29, 1.82) is 0 Å². The lowest BCUT2D eigenvalue weighted by atomic mass is 9.97. The average molecular weight is 291 g/mol. The van der Waals surface area contributed by atoms with Crippen molar-refractivity contribution >= 4 is 0 Å². The minimum Gasteiger partial charge on any atom is -0.497 e. The molecule has 2 aromatic carbocycles. The van der Waals surface area contributed by atoms with Gasteiger partial charge in [0.2, 0.25) is 0 Å². The molecule has 0 bridgehead atoms. The molecule has 2 nitrogen and oxygen atoms in total. The summed E-state index contributed by atoms with van der Waals surface area (Å²) in [6, 6.07) is 9.89. The van der Waals surface area contributed by atoms with Gasteiger partial charge in [0.1, 0.15) is 17.4 Å². The van der Waals surface area contributed by atoms with Crippen LogP contribution in [0.1, 0.15) is 22.7 Å². The van der Waals surface area contributed by atoms with Gasteiger partial charge < -0.3 is 10.1 Å². The van der Waals surface area contributed by atoms with Gasteiger partial charge in [0.15, 0.2) is 0 Å². The molecule has 112 valence electrons. The lowest BCUT2D eigenvalue weighted by Gasteiger charge is -2.19. The highest BCUT2D eigenvalue weighted by Crippen LogP contribution is 2.28. The zero-order valence-electron chi connectivity index (χ0n) is 12.4. The molecule has 0 amide bonds. The van der Waals surface area contributed by atoms with Gasteiger partial charge in [-0.05, 0) is 26.0 Å². The maximum absolute atomic E-state index is 14.2. The summed E-state index contributed by atoms with van der Waals surface area (Å²) >= 11 is 0. The molecule has 4 heteroatoms. The van der Waals surface area contributed by atoms with E-state index < -0.39 is 17.7 Å². The van der Waals surface area contributed by atoms with E-state index in [1.54, 1.807) is 7.05 Å². The number of benzene rings is 2. The maximum Gasteiger partial charge on any atom is 0.134 e. The third kappa shape index (κ3) is 3.58. The molecular weight excluding hydrogens is 272 g/mol. The number of hydrogen-bond acceptors (Lipinski definition) is 2. The summed E-state index contributed by atoms with van der Waals surface area (Å²) < 4.78 is 33.2. The van der Waals surface area contributed by atoms with Crippen LogP contribution in [0.2, 0.25) is 0 Å². The fourth-order valence-electron chi connectivity index (χ4n) is 2.44. The molecule has 0 heterocycles. The highest BCUT2D eigenvalue weighted by Gasteiger charge is 2.20. The van der Waals surface area contributed by atoms with Crippen LogP contribution in [0.15, 0.2) is 36.4 Å². The second-order valence-electron chi connectivity index (χ2n) is 5.04. The zero-order valence-corrected chi connectivity index (χ0v) is 12.4. The molecule has 0 saturated heterocycles. The maximum atomic E-state index is 14.2. The number of likely N-dealkylation sites (N-methyl/N-ethyl adjacent to an activating group) is 1. The summed E-state index contributed by atoms with van der Waals surface area (Å²) in [5.74, 6) is -1.02. The van der Waals surface area contributed by atoms with Crippen molar-refractivity contribution in [1.82, 2.24) is 5.32 Å². The molecule has 0 aliphatic rings. The lowest BCUT2D eigenvalue weighted by molar-refractivity contribution is 0.401. The Morgan fingerprint density at radius 3 is 2.33 bits per heavy atom. The van der Waals surface area contributed by atoms with Gasteiger partial charge in [0.05, 0.1) is 7.11 Å². The predicted octanol–water partition coefficient (Wildman–Crippen LogP) is 3.79. The molecule has 0 fully saturated rings. The number of nitrogens with one attached hydrogen (secondary N) is 1. The van der Waals surface area contributed by atoms with Crippen molar-refractivity contribution in [2.75, 3.05) is 14.2 Å². The van der Waals surface area contributed by atoms with E-state index in [0.717, 1.165) is 11.1 Å². The Kier molecular flexibility index (Phi) is 4.91. The van der Waals surface area contributed by atoms with Crippen LogP contribution in [0, 0.1) is 18.6 Å². The Balaban J connectivity index is 2.33. The first-order chi connectivity index (χ1) is 10.0. The van der Waals surface area contributed by atoms with Gasteiger partial charge in [-0.1, -0.05) is 29.8 Å². The minimum absolute atomic E-state index is 0.0415. The topological polar surface area (TPSA) is 21.3 Å². The fraction of sp³-hybridized carbons (Fsp3) is 0.294. The summed E-state index contributed by atoms with van der Waals surface area (Å²) in [7, 11) is 3.08. The van der Waals surface area contributed by atoms with E-state index in [4.69, 9.17) is 4.74 Å². The SMILES string of the molecule is CNC(Cc1cccc(C)c1)c1c(F)cc(OC)cc1F. The number of aryl methyl sites for hydroxylation is 1. The quantitative estimate of drug-likeness (QED) is 0.905. The average Bonchev–Trinajstić information content (AvgIpc) is 2.45. The Hall–Kier alpha value is -1.94. The van der Waals surface area contributed by atoms with Gasteiger partial charge in [-0.2, -0.15) is 0 Å². The molecule has 1 N–H and O–H groups in total. The van der Waals surface area contributed by atoms with Crippen molar-refractivity contribution < 1.29 is 13.5 Å². The summed E-state index contributed by atoms with van der Waals surface area (Å²) in [6.45, 7) is 1.99. The first-order valence-electron chi connectivity index (χ1n) is 6.81. The highest BCUT2D eigenvalue weighted by molar-refractivity contribution is 5.34. The molecule has 1 atom stereocenters. The number of methoxy groups -OCH3 is 1. The summed E-state index contributed by atoms with van der Waals surface area (Å²) in [5.41, 5.74) is 2.20. The molecular formula is C17H19F2NO. The van der Waals surface area contributed by atoms with Crippen molar-refractivity contribution in [3.8, 4) is 5.75 Å². The first kappa shape index (κ1) is 15.4. The Labute approximate surface area is 123 Å². The summed E-state index contributed by atoms with van der Waals surface area (Å²) in [5, 5.41) is 2.98. The molecule has 0 aliphatic carbocycles. The predicted molar refractivity (Wildman–Crippen MR) is 79.6 cm³/mol. The fourth-order valence-corrected chi connectivity index (χ4v) is 2.44. The van der Waals surface area contributed by atoms with E-state index in [2.05, 4.69) is 5.32 Å². The van der Waals surface area contributed by atoms with Gasteiger partial charge >= 0.3 is 0 Å². The van der Waals surface area contributed by atoms with Crippen molar-refractivity contribution in [2.45, 2.75) is 19.4 Å². The Bertz CT molecular complexity index is 605. The van der Waals surface area contributed by atoms with Gasteiger partial charge in [-0.25, -0.2) is 8.78 Å². The monoisotopic (exact) mass is 291 g/mol. The van der Waals surface area contributed by atoms with E-state index in [0.29, 0.717) is 6.42 Å². The number of halogens is 2. The van der Waals surface area contributed by atoms with E-state index in [1.807, 2.05) is 31.2 Å². The standard InChI is InChI=1S/C17H19F2NO/c1-11-5-4-6-12(7-11)8-16(20-2)17-14(18)9-13(21-3)10-15(17)19/h4-7,9-10,16,20H,8H2,1-3H3. The number of ether oxygens (including phenoxy) is 1. The molecule has 2 aromatic rings. The molecule has 2 rings (SSSR count). The zero-order chi connectivity index (χ0) is 15.4. The molecule has 1 unspecified atom stereocenters. The molecule has 21 heavy (non-hydrogen) atoms. The lowest BCUT2D eigenvalue weighted by Crippen LogP contribution is -2.21. The second-order valence-corrected chi connectivity index (χ2v) is 5.04. The van der Waals surface area contributed by atoms with E-state index in [9.17, 15) is 8.78 Å². The van der Waals surface area contributed by atoms with Crippen LogP contribution >= 0.6 is 0 Å². The Morgan fingerprint density at radius 1 is 1.14 bits per heavy atom. The van der Waals surface area contributed by atoms with Gasteiger partial charge in [0, 0.05) is 23.7 Å². The van der Waals surface area contributed by atoms with Crippen LogP contribution in [-0.2, 0) is 6.42 Å². The van der Waals surface area contributed by atoms with Crippen LogP contribution in [-0.4, -0.2) is 14.2 Å². The van der Waals surface area contributed by atoms with Crippen LogP contribution in [0.3, 0.4) is 0 Å². The molecule has 0 spiro atoms. The largest absolute Gasteiger partial charge is 0.497 e. The molecule has 0 aromatic heterocycles. The van der Waals surface area contributed by atoms with Crippen LogP contribution in [0.4, 0.5) is 8.78 Å². The number of hydrogen-bond donors (Lipinski definition) is 1. The van der Waals surface area contributed by atoms with Gasteiger partial charge in [-0.3, -0.25) is 0 Å². The van der Waals surface area contributed by atoms with E-state index >= 15 is 0 Å². The third-order valence-electron chi connectivity index (χ3n) is 3.51. The smallest absolute Gasteiger partial charge is 0.134 e. The molecule has 0 saturated carbocycles. The van der Waals surface area contributed by atoms with Crippen molar-refractivity contribution in [3.63, 3.8) is 0 Å². The second kappa shape index (κ2) is 6.68. The van der Waals surface area contributed by atoms with E-state index in [1.165, 1.54) is 19.2 Å². The van der Waals surface area contributed by atoms with E-state index in [-0.39, 0.29) is 11.3 Å². The summed E-state index contributed by atoms with van der Waals surface area (Å²) in [4.78, 5) is 0. The van der Waals surface area contributed by atoms with Crippen LogP contribution < -0.4 is 10.1 Å². The highest BCUT2D eigenvalue weighted by atomic mass is 19.1. The van der Waals surface area contributed by atoms with Crippen molar-refractivity contribution in [2.24, 2.45) is 0 Å². The van der Waals surface area contributed by atoms with Crippen LogP contribution in [0.25, 0.3) is 0 Å². The van der Waals surface area contributed by atoms with Crippen molar-refractivity contribution in [3.05, 3.63) is 64.7 Å². The van der Waals surface area contributed by atoms with Gasteiger partial charge in [0.25, 0.3) is 0 Å². The molecule has 0 radical (unpaired) electrons. The van der Waals surface area contributed by atoms with Gasteiger partial charge in [-0.15, -0.1) is 0 Å².